The standard InChI is InChI=1S/C17H24FNO2S/c1-13(5-6-14-3-2-4-15(18)11-14)16(20)19-12-17(21)7-9-22-10-8-17/h2-4,11,13,21H,5-10,12H2,1H3,(H,19,20). The third-order valence-electron chi connectivity index (χ3n) is 4.22. The van der Waals surface area contributed by atoms with Gasteiger partial charge in [0.25, 0.3) is 0 Å². The van der Waals surface area contributed by atoms with Gasteiger partial charge >= 0.3 is 0 Å². The summed E-state index contributed by atoms with van der Waals surface area (Å²) in [5.74, 6) is 1.46. The van der Waals surface area contributed by atoms with Gasteiger partial charge in [-0.2, -0.15) is 11.8 Å². The molecule has 1 aliphatic rings. The molecule has 1 aromatic carbocycles. The van der Waals surface area contributed by atoms with Crippen molar-refractivity contribution in [2.24, 2.45) is 5.92 Å². The topological polar surface area (TPSA) is 49.3 Å². The highest BCUT2D eigenvalue weighted by molar-refractivity contribution is 7.99. The second kappa shape index (κ2) is 7.97. The Morgan fingerprint density at radius 3 is 2.86 bits per heavy atom. The quantitative estimate of drug-likeness (QED) is 0.845. The molecule has 1 saturated heterocycles. The molecule has 1 aliphatic heterocycles. The number of aryl methyl sites for hydroxylation is 1. The molecule has 1 amide bonds. The Kier molecular flexibility index (Phi) is 6.26. The Labute approximate surface area is 135 Å². The average Bonchev–Trinajstić information content (AvgIpc) is 2.51. The number of carbonyl (C=O) groups excluding carboxylic acids is 1. The van der Waals surface area contributed by atoms with Crippen molar-refractivity contribution in [3.63, 3.8) is 0 Å². The fraction of sp³-hybridized carbons (Fsp3) is 0.588. The highest BCUT2D eigenvalue weighted by Gasteiger charge is 2.30. The van der Waals surface area contributed by atoms with Crippen molar-refractivity contribution < 1.29 is 14.3 Å². The molecule has 5 heteroatoms. The van der Waals surface area contributed by atoms with Gasteiger partial charge in [0.1, 0.15) is 5.82 Å². The van der Waals surface area contributed by atoms with Crippen molar-refractivity contribution in [3.8, 4) is 0 Å². The predicted octanol–water partition coefficient (Wildman–Crippen LogP) is 2.77. The molecule has 0 aromatic heterocycles. The molecule has 0 bridgehead atoms. The lowest BCUT2D eigenvalue weighted by atomic mass is 9.96. The van der Waals surface area contributed by atoms with Crippen LogP contribution in [0.15, 0.2) is 24.3 Å². The van der Waals surface area contributed by atoms with Gasteiger partial charge in [-0.25, -0.2) is 4.39 Å². The molecule has 1 heterocycles. The molecule has 1 fully saturated rings. The van der Waals surface area contributed by atoms with Gasteiger partial charge in [0.15, 0.2) is 0 Å². The molecule has 0 spiro atoms. The fourth-order valence-electron chi connectivity index (χ4n) is 2.56. The second-order valence-electron chi connectivity index (χ2n) is 6.12. The number of rotatable bonds is 6. The van der Waals surface area contributed by atoms with E-state index in [1.165, 1.54) is 12.1 Å². The molecule has 2 N–H and O–H groups in total. The first-order chi connectivity index (χ1) is 10.5. The van der Waals surface area contributed by atoms with Gasteiger partial charge in [0.2, 0.25) is 5.91 Å². The fourth-order valence-corrected chi connectivity index (χ4v) is 3.81. The van der Waals surface area contributed by atoms with Crippen molar-refractivity contribution in [3.05, 3.63) is 35.6 Å². The van der Waals surface area contributed by atoms with Crippen LogP contribution in [0.25, 0.3) is 0 Å². The van der Waals surface area contributed by atoms with E-state index in [9.17, 15) is 14.3 Å². The van der Waals surface area contributed by atoms with Crippen LogP contribution in [-0.2, 0) is 11.2 Å². The summed E-state index contributed by atoms with van der Waals surface area (Å²) in [5.41, 5.74) is 0.158. The zero-order valence-electron chi connectivity index (χ0n) is 13.0. The van der Waals surface area contributed by atoms with Crippen LogP contribution in [0.1, 0.15) is 31.7 Å². The van der Waals surface area contributed by atoms with Crippen LogP contribution in [-0.4, -0.2) is 34.7 Å². The normalized spacial score (nSPS) is 18.7. The lowest BCUT2D eigenvalue weighted by Crippen LogP contribution is -2.46. The Morgan fingerprint density at radius 1 is 1.45 bits per heavy atom. The van der Waals surface area contributed by atoms with Gasteiger partial charge < -0.3 is 10.4 Å². The van der Waals surface area contributed by atoms with Crippen LogP contribution >= 0.6 is 11.8 Å². The summed E-state index contributed by atoms with van der Waals surface area (Å²) in [4.78, 5) is 12.1. The molecule has 3 nitrogen and oxygen atoms in total. The Hall–Kier alpha value is -1.07. The number of hydrogen-bond donors (Lipinski definition) is 2. The summed E-state index contributed by atoms with van der Waals surface area (Å²) < 4.78 is 13.1. The summed E-state index contributed by atoms with van der Waals surface area (Å²) in [6.45, 7) is 2.20. The number of nitrogens with one attached hydrogen (secondary N) is 1. The molecule has 0 radical (unpaired) electrons. The summed E-state index contributed by atoms with van der Waals surface area (Å²) in [6.07, 6.45) is 2.81. The molecule has 0 saturated carbocycles. The van der Waals surface area contributed by atoms with Crippen molar-refractivity contribution >= 4 is 17.7 Å². The number of amides is 1. The van der Waals surface area contributed by atoms with Gasteiger partial charge in [0, 0.05) is 12.5 Å². The van der Waals surface area contributed by atoms with Crippen LogP contribution in [0.3, 0.4) is 0 Å². The van der Waals surface area contributed by atoms with E-state index < -0.39 is 5.60 Å². The zero-order valence-corrected chi connectivity index (χ0v) is 13.8. The minimum absolute atomic E-state index is 0.0388. The van der Waals surface area contributed by atoms with E-state index in [1.807, 2.05) is 24.8 Å². The van der Waals surface area contributed by atoms with Crippen molar-refractivity contribution in [2.75, 3.05) is 18.1 Å². The first-order valence-electron chi connectivity index (χ1n) is 7.81. The predicted molar refractivity (Wildman–Crippen MR) is 88.4 cm³/mol. The number of halogens is 1. The monoisotopic (exact) mass is 325 g/mol. The number of thioether (sulfide) groups is 1. The Bertz CT molecular complexity index is 503. The highest BCUT2D eigenvalue weighted by Crippen LogP contribution is 2.26. The lowest BCUT2D eigenvalue weighted by molar-refractivity contribution is -0.126. The van der Waals surface area contributed by atoms with E-state index in [1.54, 1.807) is 6.07 Å². The van der Waals surface area contributed by atoms with Gasteiger partial charge in [-0.1, -0.05) is 19.1 Å². The summed E-state index contributed by atoms with van der Waals surface area (Å²) >= 11 is 1.84. The summed E-state index contributed by atoms with van der Waals surface area (Å²) in [7, 11) is 0. The van der Waals surface area contributed by atoms with Crippen molar-refractivity contribution in [1.82, 2.24) is 5.32 Å². The Morgan fingerprint density at radius 2 is 2.18 bits per heavy atom. The first kappa shape index (κ1) is 17.3. The van der Waals surface area contributed by atoms with Crippen LogP contribution in [0, 0.1) is 11.7 Å². The summed E-state index contributed by atoms with van der Waals surface area (Å²) in [6, 6.07) is 6.48. The molecular formula is C17H24FNO2S. The van der Waals surface area contributed by atoms with Crippen molar-refractivity contribution in [2.45, 2.75) is 38.2 Å². The molecule has 1 unspecified atom stereocenters. The lowest BCUT2D eigenvalue weighted by Gasteiger charge is -2.32. The van der Waals surface area contributed by atoms with Gasteiger partial charge in [0.05, 0.1) is 5.60 Å². The highest BCUT2D eigenvalue weighted by atomic mass is 32.2. The maximum Gasteiger partial charge on any atom is 0.222 e. The number of hydrogen-bond acceptors (Lipinski definition) is 3. The third kappa shape index (κ3) is 5.29. The van der Waals surface area contributed by atoms with Crippen LogP contribution < -0.4 is 5.32 Å². The van der Waals surface area contributed by atoms with Gasteiger partial charge in [-0.3, -0.25) is 4.79 Å². The smallest absolute Gasteiger partial charge is 0.222 e. The third-order valence-corrected chi connectivity index (χ3v) is 5.20. The van der Waals surface area contributed by atoms with Gasteiger partial charge in [-0.15, -0.1) is 0 Å². The average molecular weight is 325 g/mol. The molecule has 1 atom stereocenters. The van der Waals surface area contributed by atoms with Crippen LogP contribution in [0.4, 0.5) is 4.39 Å². The number of aliphatic hydroxyl groups is 1. The minimum Gasteiger partial charge on any atom is -0.388 e. The summed E-state index contributed by atoms with van der Waals surface area (Å²) in [5, 5.41) is 13.2. The number of carbonyl (C=O) groups is 1. The second-order valence-corrected chi connectivity index (χ2v) is 7.35. The maximum absolute atomic E-state index is 13.1. The molecule has 22 heavy (non-hydrogen) atoms. The minimum atomic E-state index is -0.747. The molecule has 1 aromatic rings. The van der Waals surface area contributed by atoms with E-state index >= 15 is 0 Å². The molecule has 2 rings (SSSR count). The number of benzene rings is 1. The maximum atomic E-state index is 13.1. The molecule has 0 aliphatic carbocycles. The SMILES string of the molecule is CC(CCc1cccc(F)c1)C(=O)NCC1(O)CCSCC1. The first-order valence-corrected chi connectivity index (χ1v) is 8.96. The largest absolute Gasteiger partial charge is 0.388 e. The zero-order chi connectivity index (χ0) is 16.0. The van der Waals surface area contributed by atoms with Crippen molar-refractivity contribution in [1.29, 1.82) is 0 Å². The van der Waals surface area contributed by atoms with Gasteiger partial charge in [-0.05, 0) is 54.9 Å². The van der Waals surface area contributed by atoms with E-state index in [2.05, 4.69) is 5.32 Å². The Balaban J connectivity index is 1.74. The van der Waals surface area contributed by atoms with Crippen LogP contribution in [0.5, 0.6) is 0 Å². The van der Waals surface area contributed by atoms with E-state index in [-0.39, 0.29) is 17.6 Å². The van der Waals surface area contributed by atoms with E-state index in [4.69, 9.17) is 0 Å². The molecular weight excluding hydrogens is 301 g/mol. The molecule has 122 valence electrons. The van der Waals surface area contributed by atoms with E-state index in [0.29, 0.717) is 19.4 Å². The van der Waals surface area contributed by atoms with E-state index in [0.717, 1.165) is 29.9 Å². The van der Waals surface area contributed by atoms with Crippen LogP contribution in [0.2, 0.25) is 0 Å².